The molecule has 140 valence electrons. The maximum atomic E-state index is 12.9. The van der Waals surface area contributed by atoms with Gasteiger partial charge >= 0.3 is 0 Å². The van der Waals surface area contributed by atoms with Crippen molar-refractivity contribution in [1.82, 2.24) is 9.88 Å². The third-order valence-corrected chi connectivity index (χ3v) is 6.54. The maximum absolute atomic E-state index is 12.9. The number of piperidine rings is 1. The molecule has 0 spiro atoms. The van der Waals surface area contributed by atoms with Gasteiger partial charge in [0.25, 0.3) is 5.91 Å². The highest BCUT2D eigenvalue weighted by atomic mass is 35.5. The zero-order valence-corrected chi connectivity index (χ0v) is 17.1. The van der Waals surface area contributed by atoms with Crippen molar-refractivity contribution >= 4 is 44.7 Å². The Kier molecular flexibility index (Phi) is 5.06. The van der Waals surface area contributed by atoms with Gasteiger partial charge in [-0.1, -0.05) is 17.7 Å². The Bertz CT molecular complexity index is 976. The van der Waals surface area contributed by atoms with E-state index in [1.54, 1.807) is 11.3 Å². The molecule has 1 aliphatic rings. The number of aromatic nitrogens is 1. The third kappa shape index (κ3) is 3.80. The van der Waals surface area contributed by atoms with Crippen molar-refractivity contribution < 1.29 is 4.79 Å². The number of benzene rings is 2. The molecule has 0 unspecified atom stereocenters. The monoisotopic (exact) mass is 399 g/mol. The number of anilines is 1. The van der Waals surface area contributed by atoms with Gasteiger partial charge in [0.15, 0.2) is 0 Å². The molecule has 0 bridgehead atoms. The summed E-state index contributed by atoms with van der Waals surface area (Å²) in [5.74, 6) is 0.534. The molecule has 6 heteroatoms. The lowest BCUT2D eigenvalue weighted by Gasteiger charge is -2.31. The smallest absolute Gasteiger partial charge is 0.253 e. The summed E-state index contributed by atoms with van der Waals surface area (Å²) in [4.78, 5) is 21.6. The van der Waals surface area contributed by atoms with Gasteiger partial charge in [0.2, 0.25) is 0 Å². The summed E-state index contributed by atoms with van der Waals surface area (Å²) >= 11 is 7.82. The Labute approximate surface area is 168 Å². The van der Waals surface area contributed by atoms with E-state index in [4.69, 9.17) is 16.6 Å². The van der Waals surface area contributed by atoms with E-state index >= 15 is 0 Å². The van der Waals surface area contributed by atoms with Gasteiger partial charge in [0.05, 0.1) is 15.2 Å². The minimum Gasteiger partial charge on any atom is -0.378 e. The number of thiazole rings is 1. The second kappa shape index (κ2) is 7.49. The topological polar surface area (TPSA) is 36.4 Å². The molecule has 0 saturated carbocycles. The molecule has 0 radical (unpaired) electrons. The standard InChI is InChI=1S/C21H22ClN3OS/c1-24(2)17-5-3-4-15(12-17)21(26)25-10-8-14(9-11-25)20-23-18-13-16(22)6-7-19(18)27-20/h3-7,12-14H,8-11H2,1-2H3. The zero-order valence-electron chi connectivity index (χ0n) is 15.5. The van der Waals surface area contributed by atoms with E-state index in [9.17, 15) is 4.79 Å². The van der Waals surface area contributed by atoms with E-state index in [1.807, 2.05) is 66.4 Å². The van der Waals surface area contributed by atoms with Crippen molar-refractivity contribution in [2.45, 2.75) is 18.8 Å². The molecular formula is C21H22ClN3OS. The van der Waals surface area contributed by atoms with E-state index in [-0.39, 0.29) is 5.91 Å². The first kappa shape index (κ1) is 18.3. The number of nitrogens with zero attached hydrogens (tertiary/aromatic N) is 3. The number of likely N-dealkylation sites (tertiary alicyclic amines) is 1. The van der Waals surface area contributed by atoms with Gasteiger partial charge in [-0.05, 0) is 49.2 Å². The van der Waals surface area contributed by atoms with Crippen molar-refractivity contribution in [3.8, 4) is 0 Å². The number of fused-ring (bicyclic) bond motifs is 1. The normalized spacial score (nSPS) is 15.3. The SMILES string of the molecule is CN(C)c1cccc(C(=O)N2CCC(c3nc4cc(Cl)ccc4s3)CC2)c1. The van der Waals surface area contributed by atoms with Crippen LogP contribution in [0.15, 0.2) is 42.5 Å². The second-order valence-electron chi connectivity index (χ2n) is 7.18. The van der Waals surface area contributed by atoms with E-state index in [1.165, 1.54) is 4.70 Å². The van der Waals surface area contributed by atoms with E-state index in [2.05, 4.69) is 0 Å². The molecule has 0 N–H and O–H groups in total. The number of carbonyl (C=O) groups excluding carboxylic acids is 1. The molecular weight excluding hydrogens is 378 g/mol. The van der Waals surface area contributed by atoms with Crippen molar-refractivity contribution in [2.75, 3.05) is 32.1 Å². The van der Waals surface area contributed by atoms with Crippen molar-refractivity contribution in [1.29, 1.82) is 0 Å². The molecule has 27 heavy (non-hydrogen) atoms. The number of hydrogen-bond acceptors (Lipinski definition) is 4. The molecule has 1 amide bonds. The Morgan fingerprint density at radius 1 is 1.19 bits per heavy atom. The van der Waals surface area contributed by atoms with Gasteiger partial charge in [-0.3, -0.25) is 4.79 Å². The van der Waals surface area contributed by atoms with Crippen LogP contribution in [0.4, 0.5) is 5.69 Å². The number of hydrogen-bond donors (Lipinski definition) is 0. The van der Waals surface area contributed by atoms with Crippen LogP contribution in [-0.4, -0.2) is 43.0 Å². The molecule has 2 heterocycles. The summed E-state index contributed by atoms with van der Waals surface area (Å²) in [6, 6.07) is 13.7. The lowest BCUT2D eigenvalue weighted by atomic mass is 9.97. The fraction of sp³-hybridized carbons (Fsp3) is 0.333. The van der Waals surface area contributed by atoms with Crippen LogP contribution in [0.3, 0.4) is 0 Å². The summed E-state index contributed by atoms with van der Waals surface area (Å²) in [6.45, 7) is 1.54. The Balaban J connectivity index is 1.45. The van der Waals surface area contributed by atoms with Crippen LogP contribution >= 0.6 is 22.9 Å². The molecule has 3 aromatic rings. The van der Waals surface area contributed by atoms with Crippen LogP contribution in [0.1, 0.15) is 34.1 Å². The number of amides is 1. The van der Waals surface area contributed by atoms with Gasteiger partial charge < -0.3 is 9.80 Å². The van der Waals surface area contributed by atoms with Crippen LogP contribution in [0.25, 0.3) is 10.2 Å². The first-order valence-electron chi connectivity index (χ1n) is 9.14. The summed E-state index contributed by atoms with van der Waals surface area (Å²) in [5.41, 5.74) is 2.78. The molecule has 1 aromatic heterocycles. The van der Waals surface area contributed by atoms with Crippen molar-refractivity contribution in [2.24, 2.45) is 0 Å². The maximum Gasteiger partial charge on any atom is 0.253 e. The average molecular weight is 400 g/mol. The molecule has 2 aromatic carbocycles. The predicted octanol–water partition coefficient (Wildman–Crippen LogP) is 5.04. The molecule has 4 nitrogen and oxygen atoms in total. The Morgan fingerprint density at radius 2 is 1.96 bits per heavy atom. The van der Waals surface area contributed by atoms with Gasteiger partial charge in [-0.2, -0.15) is 0 Å². The molecule has 1 fully saturated rings. The molecule has 1 aliphatic heterocycles. The minimum absolute atomic E-state index is 0.119. The highest BCUT2D eigenvalue weighted by Gasteiger charge is 2.26. The average Bonchev–Trinajstić information content (AvgIpc) is 3.10. The van der Waals surface area contributed by atoms with Crippen LogP contribution in [-0.2, 0) is 0 Å². The second-order valence-corrected chi connectivity index (χ2v) is 8.67. The quantitative estimate of drug-likeness (QED) is 0.619. The van der Waals surface area contributed by atoms with Crippen LogP contribution in [0, 0.1) is 0 Å². The molecule has 0 aliphatic carbocycles. The van der Waals surface area contributed by atoms with E-state index in [0.29, 0.717) is 5.92 Å². The largest absolute Gasteiger partial charge is 0.378 e. The zero-order chi connectivity index (χ0) is 19.0. The predicted molar refractivity (Wildman–Crippen MR) is 113 cm³/mol. The van der Waals surface area contributed by atoms with Crippen LogP contribution < -0.4 is 4.90 Å². The molecule has 1 saturated heterocycles. The Morgan fingerprint density at radius 3 is 2.70 bits per heavy atom. The summed E-state index contributed by atoms with van der Waals surface area (Å²) in [5, 5.41) is 1.88. The van der Waals surface area contributed by atoms with Crippen molar-refractivity contribution in [3.05, 3.63) is 58.1 Å². The Hall–Kier alpha value is -2.11. The first-order chi connectivity index (χ1) is 13.0. The third-order valence-electron chi connectivity index (χ3n) is 5.11. The van der Waals surface area contributed by atoms with Crippen LogP contribution in [0.5, 0.6) is 0 Å². The lowest BCUT2D eigenvalue weighted by molar-refractivity contribution is 0.0713. The molecule has 4 rings (SSSR count). The fourth-order valence-corrected chi connectivity index (χ4v) is 4.81. The minimum atomic E-state index is 0.119. The fourth-order valence-electron chi connectivity index (χ4n) is 3.52. The van der Waals surface area contributed by atoms with E-state index in [0.717, 1.165) is 52.7 Å². The van der Waals surface area contributed by atoms with Crippen molar-refractivity contribution in [3.63, 3.8) is 0 Å². The molecule has 0 atom stereocenters. The highest BCUT2D eigenvalue weighted by Crippen LogP contribution is 2.35. The number of carbonyl (C=O) groups is 1. The number of halogens is 1. The van der Waals surface area contributed by atoms with Gasteiger partial charge in [0.1, 0.15) is 0 Å². The van der Waals surface area contributed by atoms with Crippen LogP contribution in [0.2, 0.25) is 5.02 Å². The first-order valence-corrected chi connectivity index (χ1v) is 10.3. The van der Waals surface area contributed by atoms with E-state index < -0.39 is 0 Å². The summed E-state index contributed by atoms with van der Waals surface area (Å²) in [7, 11) is 3.97. The van der Waals surface area contributed by atoms with Gasteiger partial charge in [0, 0.05) is 49.4 Å². The lowest BCUT2D eigenvalue weighted by Crippen LogP contribution is -2.38. The summed E-state index contributed by atoms with van der Waals surface area (Å²) in [6.07, 6.45) is 1.90. The number of rotatable bonds is 3. The highest BCUT2D eigenvalue weighted by molar-refractivity contribution is 7.18. The van der Waals surface area contributed by atoms with Gasteiger partial charge in [-0.25, -0.2) is 4.98 Å². The summed E-state index contributed by atoms with van der Waals surface area (Å²) < 4.78 is 1.17. The van der Waals surface area contributed by atoms with Gasteiger partial charge in [-0.15, -0.1) is 11.3 Å².